The van der Waals surface area contributed by atoms with E-state index < -0.39 is 0 Å². The topological polar surface area (TPSA) is 38.9 Å². The standard InChI is InChI=1S/C14H19BrN2S/c1-14(2,3)8-10(16)7-13-17-11-6-9(15)4-5-12(11)18-13/h4-6,10H,7-8,16H2,1-3H3. The number of hydrogen-bond acceptors (Lipinski definition) is 3. The van der Waals surface area contributed by atoms with Crippen LogP contribution in [-0.2, 0) is 6.42 Å². The molecule has 18 heavy (non-hydrogen) atoms. The minimum Gasteiger partial charge on any atom is -0.327 e. The predicted molar refractivity (Wildman–Crippen MR) is 83.1 cm³/mol. The van der Waals surface area contributed by atoms with Crippen LogP contribution in [-0.4, -0.2) is 11.0 Å². The molecule has 0 spiro atoms. The van der Waals surface area contributed by atoms with E-state index in [9.17, 15) is 0 Å². The molecule has 1 heterocycles. The fraction of sp³-hybridized carbons (Fsp3) is 0.500. The van der Waals surface area contributed by atoms with Crippen LogP contribution in [0.1, 0.15) is 32.2 Å². The van der Waals surface area contributed by atoms with Gasteiger partial charge in [0.1, 0.15) is 0 Å². The summed E-state index contributed by atoms with van der Waals surface area (Å²) in [5, 5.41) is 1.14. The van der Waals surface area contributed by atoms with Gasteiger partial charge < -0.3 is 5.73 Å². The fourth-order valence-corrected chi connectivity index (χ4v) is 3.51. The maximum absolute atomic E-state index is 6.20. The van der Waals surface area contributed by atoms with E-state index in [-0.39, 0.29) is 11.5 Å². The second kappa shape index (κ2) is 5.27. The molecule has 0 bridgehead atoms. The zero-order chi connectivity index (χ0) is 13.3. The lowest BCUT2D eigenvalue weighted by Crippen LogP contribution is -2.28. The normalized spacial score (nSPS) is 14.1. The number of aromatic nitrogens is 1. The molecule has 0 amide bonds. The van der Waals surface area contributed by atoms with Crippen molar-refractivity contribution in [1.29, 1.82) is 0 Å². The summed E-state index contributed by atoms with van der Waals surface area (Å²) in [6.45, 7) is 6.67. The Balaban J connectivity index is 2.12. The largest absolute Gasteiger partial charge is 0.327 e. The summed E-state index contributed by atoms with van der Waals surface area (Å²) < 4.78 is 2.31. The highest BCUT2D eigenvalue weighted by Crippen LogP contribution is 2.27. The summed E-state index contributed by atoms with van der Waals surface area (Å²) in [6.07, 6.45) is 1.89. The molecule has 98 valence electrons. The van der Waals surface area contributed by atoms with Gasteiger partial charge in [0.15, 0.2) is 0 Å². The van der Waals surface area contributed by atoms with Crippen LogP contribution in [0.5, 0.6) is 0 Å². The van der Waals surface area contributed by atoms with Crippen LogP contribution in [0.4, 0.5) is 0 Å². The van der Waals surface area contributed by atoms with E-state index >= 15 is 0 Å². The smallest absolute Gasteiger partial charge is 0.0954 e. The molecule has 1 unspecified atom stereocenters. The number of rotatable bonds is 3. The number of fused-ring (bicyclic) bond motifs is 1. The second-order valence-electron chi connectivity index (χ2n) is 5.95. The molecule has 2 rings (SSSR count). The summed E-state index contributed by atoms with van der Waals surface area (Å²) >= 11 is 5.22. The summed E-state index contributed by atoms with van der Waals surface area (Å²) in [6, 6.07) is 6.41. The average molecular weight is 327 g/mol. The van der Waals surface area contributed by atoms with Crippen LogP contribution < -0.4 is 5.73 Å². The molecule has 4 heteroatoms. The third kappa shape index (κ3) is 3.77. The molecule has 2 aromatic rings. The lowest BCUT2D eigenvalue weighted by molar-refractivity contribution is 0.338. The molecule has 0 saturated heterocycles. The SMILES string of the molecule is CC(C)(C)CC(N)Cc1nc2cc(Br)ccc2s1. The molecule has 0 fully saturated rings. The zero-order valence-electron chi connectivity index (χ0n) is 11.0. The predicted octanol–water partition coefficient (Wildman–Crippen LogP) is 4.36. The van der Waals surface area contributed by atoms with Crippen molar-refractivity contribution >= 4 is 37.5 Å². The van der Waals surface area contributed by atoms with Gasteiger partial charge in [0, 0.05) is 16.9 Å². The number of hydrogen-bond donors (Lipinski definition) is 1. The molecule has 1 aromatic carbocycles. The lowest BCUT2D eigenvalue weighted by Gasteiger charge is -2.22. The molecule has 0 aliphatic carbocycles. The zero-order valence-corrected chi connectivity index (χ0v) is 13.4. The number of halogens is 1. The quantitative estimate of drug-likeness (QED) is 0.909. The van der Waals surface area contributed by atoms with Gasteiger partial charge in [0.05, 0.1) is 15.2 Å². The van der Waals surface area contributed by atoms with Gasteiger partial charge in [-0.05, 0) is 30.0 Å². The molecule has 1 aromatic heterocycles. The van der Waals surface area contributed by atoms with Crippen molar-refractivity contribution in [2.45, 2.75) is 39.7 Å². The van der Waals surface area contributed by atoms with E-state index in [1.807, 2.05) is 0 Å². The highest BCUT2D eigenvalue weighted by atomic mass is 79.9. The van der Waals surface area contributed by atoms with Gasteiger partial charge in [0.2, 0.25) is 0 Å². The molecule has 0 saturated carbocycles. The van der Waals surface area contributed by atoms with Gasteiger partial charge in [-0.1, -0.05) is 36.7 Å². The monoisotopic (exact) mass is 326 g/mol. The van der Waals surface area contributed by atoms with Crippen molar-refractivity contribution in [1.82, 2.24) is 4.98 Å². The molecule has 2 nitrogen and oxygen atoms in total. The van der Waals surface area contributed by atoms with E-state index in [4.69, 9.17) is 5.73 Å². The summed E-state index contributed by atoms with van der Waals surface area (Å²) in [5.74, 6) is 0. The van der Waals surface area contributed by atoms with Gasteiger partial charge in [-0.25, -0.2) is 4.98 Å². The van der Waals surface area contributed by atoms with Gasteiger partial charge in [-0.15, -0.1) is 11.3 Å². The van der Waals surface area contributed by atoms with Crippen LogP contribution in [0.2, 0.25) is 0 Å². The average Bonchev–Trinajstić information content (AvgIpc) is 2.55. The molecule has 0 aliphatic rings. The maximum Gasteiger partial charge on any atom is 0.0954 e. The van der Waals surface area contributed by atoms with Gasteiger partial charge in [-0.3, -0.25) is 0 Å². The van der Waals surface area contributed by atoms with E-state index in [1.54, 1.807) is 11.3 Å². The summed E-state index contributed by atoms with van der Waals surface area (Å²) in [5.41, 5.74) is 7.54. The Morgan fingerprint density at radius 2 is 2.11 bits per heavy atom. The highest BCUT2D eigenvalue weighted by Gasteiger charge is 2.17. The Labute approximate surface area is 121 Å². The first-order chi connectivity index (χ1) is 8.33. The molecule has 0 aliphatic heterocycles. The first-order valence-corrected chi connectivity index (χ1v) is 7.75. The van der Waals surface area contributed by atoms with Crippen molar-refractivity contribution in [3.8, 4) is 0 Å². The van der Waals surface area contributed by atoms with Crippen molar-refractivity contribution in [3.05, 3.63) is 27.7 Å². The molecular weight excluding hydrogens is 308 g/mol. The molecule has 0 radical (unpaired) electrons. The van der Waals surface area contributed by atoms with E-state index in [1.165, 1.54) is 4.70 Å². The Bertz CT molecular complexity index is 542. The third-order valence-electron chi connectivity index (χ3n) is 2.71. The lowest BCUT2D eigenvalue weighted by atomic mass is 9.87. The maximum atomic E-state index is 6.20. The first kappa shape index (κ1) is 14.0. The minimum atomic E-state index is 0.189. The Hall–Kier alpha value is -0.450. The van der Waals surface area contributed by atoms with E-state index in [2.05, 4.69) is 59.9 Å². The molecule has 1 atom stereocenters. The highest BCUT2D eigenvalue weighted by molar-refractivity contribution is 9.10. The van der Waals surface area contributed by atoms with Crippen LogP contribution in [0.3, 0.4) is 0 Å². The van der Waals surface area contributed by atoms with Crippen LogP contribution in [0, 0.1) is 5.41 Å². The summed E-state index contributed by atoms with van der Waals surface area (Å²) in [7, 11) is 0. The van der Waals surface area contributed by atoms with E-state index in [0.29, 0.717) is 0 Å². The Kier molecular flexibility index (Phi) is 4.09. The number of nitrogens with zero attached hydrogens (tertiary/aromatic N) is 1. The van der Waals surface area contributed by atoms with Crippen LogP contribution >= 0.6 is 27.3 Å². The van der Waals surface area contributed by atoms with Crippen molar-refractivity contribution < 1.29 is 0 Å². The first-order valence-electron chi connectivity index (χ1n) is 6.14. The minimum absolute atomic E-state index is 0.189. The van der Waals surface area contributed by atoms with Crippen LogP contribution in [0.15, 0.2) is 22.7 Å². The van der Waals surface area contributed by atoms with Gasteiger partial charge >= 0.3 is 0 Å². The Morgan fingerprint density at radius 3 is 2.78 bits per heavy atom. The Morgan fingerprint density at radius 1 is 1.39 bits per heavy atom. The van der Waals surface area contributed by atoms with Crippen LogP contribution in [0.25, 0.3) is 10.2 Å². The van der Waals surface area contributed by atoms with Crippen molar-refractivity contribution in [2.75, 3.05) is 0 Å². The van der Waals surface area contributed by atoms with E-state index in [0.717, 1.165) is 27.8 Å². The van der Waals surface area contributed by atoms with Crippen molar-refractivity contribution in [3.63, 3.8) is 0 Å². The number of benzene rings is 1. The third-order valence-corrected chi connectivity index (χ3v) is 4.26. The summed E-state index contributed by atoms with van der Waals surface area (Å²) in [4.78, 5) is 4.65. The van der Waals surface area contributed by atoms with Gasteiger partial charge in [0.25, 0.3) is 0 Å². The second-order valence-corrected chi connectivity index (χ2v) is 7.98. The molecular formula is C14H19BrN2S. The fourth-order valence-electron chi connectivity index (χ4n) is 2.12. The molecule has 2 N–H and O–H groups in total. The number of nitrogens with two attached hydrogens (primary N) is 1. The number of thiazole rings is 1. The van der Waals surface area contributed by atoms with Crippen molar-refractivity contribution in [2.24, 2.45) is 11.1 Å². The van der Waals surface area contributed by atoms with Gasteiger partial charge in [-0.2, -0.15) is 0 Å².